The van der Waals surface area contributed by atoms with Crippen LogP contribution in [0, 0.1) is 6.92 Å². The predicted octanol–water partition coefficient (Wildman–Crippen LogP) is 3.19. The average molecular weight is 498 g/mol. The molecule has 9 nitrogen and oxygen atoms in total. The van der Waals surface area contributed by atoms with Gasteiger partial charge in [-0.05, 0) is 37.8 Å². The zero-order valence-electron chi connectivity index (χ0n) is 21.7. The Morgan fingerprint density at radius 3 is 2.67 bits per heavy atom. The molecule has 4 amide bonds. The number of nitrogens with zero attached hydrogens (tertiary/aromatic N) is 3. The Hall–Kier alpha value is -3.33. The van der Waals surface area contributed by atoms with Gasteiger partial charge in [0.15, 0.2) is 0 Å². The van der Waals surface area contributed by atoms with Gasteiger partial charge in [0.25, 0.3) is 0 Å². The van der Waals surface area contributed by atoms with Gasteiger partial charge < -0.3 is 20.3 Å². The fourth-order valence-electron chi connectivity index (χ4n) is 4.68. The molecule has 0 radical (unpaired) electrons. The molecule has 2 aliphatic heterocycles. The van der Waals surface area contributed by atoms with Crippen LogP contribution in [0.4, 0.5) is 9.59 Å². The first-order chi connectivity index (χ1) is 17.4. The fourth-order valence-corrected chi connectivity index (χ4v) is 4.68. The number of aryl methyl sites for hydroxylation is 1. The Kier molecular flexibility index (Phi) is 9.93. The second kappa shape index (κ2) is 13.1. The third-order valence-electron chi connectivity index (χ3n) is 6.52. The van der Waals surface area contributed by atoms with Crippen molar-refractivity contribution in [3.63, 3.8) is 0 Å². The fraction of sp³-hybridized carbons (Fsp3) is 0.519. The van der Waals surface area contributed by atoms with E-state index in [1.807, 2.05) is 43.0 Å². The van der Waals surface area contributed by atoms with Crippen LogP contribution in [-0.2, 0) is 9.53 Å². The quantitative estimate of drug-likeness (QED) is 0.404. The van der Waals surface area contributed by atoms with Gasteiger partial charge in [0.05, 0.1) is 18.2 Å². The smallest absolute Gasteiger partial charge is 0.338 e. The molecule has 36 heavy (non-hydrogen) atoms. The van der Waals surface area contributed by atoms with E-state index < -0.39 is 12.0 Å². The number of urea groups is 2. The molecular formula is C27H39N5O4. The second-order valence-corrected chi connectivity index (χ2v) is 9.07. The van der Waals surface area contributed by atoms with Gasteiger partial charge in [-0.1, -0.05) is 37.3 Å². The van der Waals surface area contributed by atoms with Crippen molar-refractivity contribution in [2.24, 2.45) is 0 Å². The van der Waals surface area contributed by atoms with Crippen molar-refractivity contribution >= 4 is 18.0 Å². The first kappa shape index (κ1) is 27.3. The maximum atomic E-state index is 13.3. The van der Waals surface area contributed by atoms with Crippen molar-refractivity contribution < 1.29 is 19.1 Å². The molecule has 0 spiro atoms. The van der Waals surface area contributed by atoms with Gasteiger partial charge >= 0.3 is 18.0 Å². The number of rotatable bonds is 9. The summed E-state index contributed by atoms with van der Waals surface area (Å²) in [5.74, 6) is -0.440. The van der Waals surface area contributed by atoms with Crippen LogP contribution in [0.1, 0.15) is 43.9 Å². The van der Waals surface area contributed by atoms with E-state index in [1.54, 1.807) is 17.9 Å². The van der Waals surface area contributed by atoms with Crippen LogP contribution in [0.25, 0.3) is 0 Å². The van der Waals surface area contributed by atoms with E-state index in [2.05, 4.69) is 22.1 Å². The van der Waals surface area contributed by atoms with Gasteiger partial charge in [-0.25, -0.2) is 14.4 Å². The Balaban J connectivity index is 1.96. The number of benzene rings is 1. The topological polar surface area (TPSA) is 94.2 Å². The summed E-state index contributed by atoms with van der Waals surface area (Å²) in [7, 11) is 0. The largest absolute Gasteiger partial charge is 0.463 e. The molecular weight excluding hydrogens is 458 g/mol. The van der Waals surface area contributed by atoms with Crippen LogP contribution in [0.2, 0.25) is 0 Å². The highest BCUT2D eigenvalue weighted by molar-refractivity contribution is 5.95. The molecule has 1 atom stereocenters. The lowest BCUT2D eigenvalue weighted by Gasteiger charge is -2.38. The maximum absolute atomic E-state index is 13.3. The molecule has 0 saturated carbocycles. The molecule has 0 bridgehead atoms. The van der Waals surface area contributed by atoms with Crippen molar-refractivity contribution in [3.05, 3.63) is 59.3 Å². The zero-order chi connectivity index (χ0) is 26.1. The number of hydrogen-bond donors (Lipinski definition) is 2. The normalized spacial score (nSPS) is 19.0. The molecule has 9 heteroatoms. The molecule has 0 unspecified atom stereocenters. The monoisotopic (exact) mass is 497 g/mol. The Morgan fingerprint density at radius 1 is 1.19 bits per heavy atom. The van der Waals surface area contributed by atoms with Crippen LogP contribution in [0.5, 0.6) is 0 Å². The van der Waals surface area contributed by atoms with Crippen LogP contribution < -0.4 is 10.6 Å². The van der Waals surface area contributed by atoms with Gasteiger partial charge in [-0.15, -0.1) is 6.58 Å². The van der Waals surface area contributed by atoms with E-state index in [4.69, 9.17) is 4.74 Å². The summed E-state index contributed by atoms with van der Waals surface area (Å²) in [6, 6.07) is 6.79. The second-order valence-electron chi connectivity index (χ2n) is 9.07. The molecule has 1 aromatic carbocycles. The highest BCUT2D eigenvalue weighted by atomic mass is 16.5. The number of amides is 4. The molecule has 1 aromatic rings. The number of carbonyl (C=O) groups excluding carboxylic acids is 3. The molecule has 2 aliphatic rings. The van der Waals surface area contributed by atoms with Crippen molar-refractivity contribution in [1.82, 2.24) is 25.3 Å². The summed E-state index contributed by atoms with van der Waals surface area (Å²) in [4.78, 5) is 44.7. The van der Waals surface area contributed by atoms with Crippen molar-refractivity contribution in [3.8, 4) is 0 Å². The lowest BCUT2D eigenvalue weighted by atomic mass is 9.91. The van der Waals surface area contributed by atoms with E-state index in [0.717, 1.165) is 30.5 Å². The summed E-state index contributed by atoms with van der Waals surface area (Å²) in [6.07, 6.45) is 3.34. The minimum Gasteiger partial charge on any atom is -0.463 e. The van der Waals surface area contributed by atoms with E-state index in [9.17, 15) is 14.4 Å². The van der Waals surface area contributed by atoms with E-state index in [1.165, 1.54) is 0 Å². The van der Waals surface area contributed by atoms with Gasteiger partial charge in [0.2, 0.25) is 0 Å². The van der Waals surface area contributed by atoms with E-state index in [0.29, 0.717) is 44.0 Å². The maximum Gasteiger partial charge on any atom is 0.338 e. The standard InChI is InChI=1S/C27H39N5O4/c1-5-13-28-26(34)31-16-10-15-30(17-18-31)19-22-23(25(33)36-7-3)24(21-12-9-8-11-20(21)4)29-27(35)32(22)14-6-2/h6,8-9,11-12,24H,2,5,7,10,13-19H2,1,3-4H3,(H,28,34)(H,29,35)/t24-/m0/s1. The van der Waals surface area contributed by atoms with Gasteiger partial charge in [-0.3, -0.25) is 9.80 Å². The molecule has 3 rings (SSSR count). The summed E-state index contributed by atoms with van der Waals surface area (Å²) < 4.78 is 5.48. The van der Waals surface area contributed by atoms with Crippen LogP contribution in [0.3, 0.4) is 0 Å². The minimum atomic E-state index is -0.614. The Bertz CT molecular complexity index is 992. The van der Waals surface area contributed by atoms with Gasteiger partial charge in [0, 0.05) is 51.5 Å². The number of esters is 1. The lowest BCUT2D eigenvalue weighted by Crippen LogP contribution is -2.51. The highest BCUT2D eigenvalue weighted by Gasteiger charge is 2.39. The predicted molar refractivity (Wildman–Crippen MR) is 139 cm³/mol. The van der Waals surface area contributed by atoms with E-state index >= 15 is 0 Å². The van der Waals surface area contributed by atoms with Crippen LogP contribution >= 0.6 is 0 Å². The Morgan fingerprint density at radius 2 is 1.97 bits per heavy atom. The first-order valence-electron chi connectivity index (χ1n) is 12.8. The SMILES string of the molecule is C=CCN1C(=O)N[C@@H](c2ccccc2C)C(C(=O)OCC)=C1CN1CCCN(C(=O)NCCC)CC1. The lowest BCUT2D eigenvalue weighted by molar-refractivity contribution is -0.139. The molecule has 1 saturated heterocycles. The molecule has 0 aliphatic carbocycles. The van der Waals surface area contributed by atoms with Crippen molar-refractivity contribution in [1.29, 1.82) is 0 Å². The third kappa shape index (κ3) is 6.46. The number of nitrogens with one attached hydrogen (secondary N) is 2. The number of ether oxygens (including phenoxy) is 1. The zero-order valence-corrected chi connectivity index (χ0v) is 21.7. The minimum absolute atomic E-state index is 0.0462. The van der Waals surface area contributed by atoms with Crippen molar-refractivity contribution in [2.45, 2.75) is 39.7 Å². The molecule has 196 valence electrons. The molecule has 2 N–H and O–H groups in total. The van der Waals surface area contributed by atoms with Crippen molar-refractivity contribution in [2.75, 3.05) is 52.4 Å². The van der Waals surface area contributed by atoms with Gasteiger partial charge in [0.1, 0.15) is 0 Å². The van der Waals surface area contributed by atoms with E-state index in [-0.39, 0.29) is 25.2 Å². The summed E-state index contributed by atoms with van der Waals surface area (Å²) in [6.45, 7) is 13.7. The first-order valence-corrected chi connectivity index (χ1v) is 12.8. The summed E-state index contributed by atoms with van der Waals surface area (Å²) in [5, 5.41) is 5.97. The average Bonchev–Trinajstić information content (AvgIpc) is 3.10. The molecule has 0 aromatic heterocycles. The highest BCUT2D eigenvalue weighted by Crippen LogP contribution is 2.33. The Labute approximate surface area is 214 Å². The molecule has 1 fully saturated rings. The van der Waals surface area contributed by atoms with Gasteiger partial charge in [-0.2, -0.15) is 0 Å². The van der Waals surface area contributed by atoms with Crippen LogP contribution in [-0.4, -0.2) is 85.2 Å². The number of hydrogen-bond acceptors (Lipinski definition) is 5. The molecule has 2 heterocycles. The van der Waals surface area contributed by atoms with Crippen LogP contribution in [0.15, 0.2) is 48.2 Å². The summed E-state index contributed by atoms with van der Waals surface area (Å²) >= 11 is 0. The summed E-state index contributed by atoms with van der Waals surface area (Å²) in [5.41, 5.74) is 2.90. The number of carbonyl (C=O) groups is 3. The third-order valence-corrected chi connectivity index (χ3v) is 6.52.